The number of alkyl halides is 3. The number of carbonyl (C=O) groups excluding carboxylic acids is 1. The maximum atomic E-state index is 13.9. The van der Waals surface area contributed by atoms with Crippen LogP contribution in [-0.4, -0.2) is 32.9 Å². The topological polar surface area (TPSA) is 84.2 Å². The van der Waals surface area contributed by atoms with Crippen molar-refractivity contribution in [2.24, 2.45) is 0 Å². The molecule has 7 nitrogen and oxygen atoms in total. The third kappa shape index (κ3) is 4.95. The first-order valence-electron chi connectivity index (χ1n) is 10.4. The Hall–Kier alpha value is -3.69. The second-order valence-electron chi connectivity index (χ2n) is 7.13. The summed E-state index contributed by atoms with van der Waals surface area (Å²) in [5.41, 5.74) is -1.93. The molecule has 3 aromatic rings. The van der Waals surface area contributed by atoms with Crippen LogP contribution in [-0.2, 0) is 15.7 Å². The lowest BCUT2D eigenvalue weighted by Gasteiger charge is -2.17. The Morgan fingerprint density at radius 3 is 2.32 bits per heavy atom. The van der Waals surface area contributed by atoms with Crippen LogP contribution in [0.4, 0.5) is 13.2 Å². The van der Waals surface area contributed by atoms with E-state index in [2.05, 4.69) is 0 Å². The fraction of sp³-hybridized carbons (Fsp3) is 0.333. The number of fused-ring (bicyclic) bond motifs is 1. The van der Waals surface area contributed by atoms with Crippen LogP contribution < -0.4 is 19.6 Å². The number of methoxy groups -OCH3 is 2. The van der Waals surface area contributed by atoms with E-state index in [4.69, 9.17) is 23.4 Å². The summed E-state index contributed by atoms with van der Waals surface area (Å²) in [5.74, 6) is -1.57. The molecule has 10 heteroatoms. The van der Waals surface area contributed by atoms with Crippen LogP contribution in [0.25, 0.3) is 22.1 Å². The Labute approximate surface area is 193 Å². The van der Waals surface area contributed by atoms with Gasteiger partial charge in [-0.3, -0.25) is 4.79 Å². The van der Waals surface area contributed by atoms with E-state index in [9.17, 15) is 22.8 Å². The highest BCUT2D eigenvalue weighted by Crippen LogP contribution is 2.40. The summed E-state index contributed by atoms with van der Waals surface area (Å²) in [6.45, 7) is 3.49. The fourth-order valence-electron chi connectivity index (χ4n) is 3.40. The normalized spacial score (nSPS) is 12.3. The molecular formula is C24H23F3O7. The number of carbonyl (C=O) groups is 1. The predicted molar refractivity (Wildman–Crippen MR) is 117 cm³/mol. The van der Waals surface area contributed by atoms with E-state index >= 15 is 0 Å². The Balaban J connectivity index is 2.17. The van der Waals surface area contributed by atoms with Crippen molar-refractivity contribution < 1.29 is 41.3 Å². The zero-order valence-corrected chi connectivity index (χ0v) is 18.9. The first-order valence-corrected chi connectivity index (χ1v) is 10.4. The van der Waals surface area contributed by atoms with Crippen molar-refractivity contribution in [2.75, 3.05) is 20.8 Å². The molecule has 1 atom stereocenters. The molecule has 182 valence electrons. The average molecular weight is 480 g/mol. The van der Waals surface area contributed by atoms with Crippen molar-refractivity contribution in [2.45, 2.75) is 32.5 Å². The molecule has 0 aliphatic carbocycles. The average Bonchev–Trinajstić information content (AvgIpc) is 2.81. The van der Waals surface area contributed by atoms with Crippen molar-refractivity contribution in [1.29, 1.82) is 0 Å². The summed E-state index contributed by atoms with van der Waals surface area (Å²) in [6, 6.07) is 7.80. The lowest BCUT2D eigenvalue weighted by Crippen LogP contribution is -2.28. The predicted octanol–water partition coefficient (Wildman–Crippen LogP) is 5.22. The van der Waals surface area contributed by atoms with Crippen LogP contribution in [0.5, 0.6) is 17.2 Å². The van der Waals surface area contributed by atoms with Gasteiger partial charge in [0.05, 0.1) is 31.8 Å². The maximum Gasteiger partial charge on any atom is 0.450 e. The second-order valence-corrected chi connectivity index (χ2v) is 7.13. The third-order valence-corrected chi connectivity index (χ3v) is 4.99. The summed E-state index contributed by atoms with van der Waals surface area (Å²) in [6.07, 6.45) is -5.66. The smallest absolute Gasteiger partial charge is 0.450 e. The summed E-state index contributed by atoms with van der Waals surface area (Å²) < 4.78 is 67.8. The van der Waals surface area contributed by atoms with E-state index in [0.29, 0.717) is 5.75 Å². The number of benzene rings is 2. The van der Waals surface area contributed by atoms with Gasteiger partial charge in [-0.15, -0.1) is 0 Å². The van der Waals surface area contributed by atoms with Crippen molar-refractivity contribution in [3.05, 3.63) is 52.4 Å². The molecule has 34 heavy (non-hydrogen) atoms. The van der Waals surface area contributed by atoms with Crippen LogP contribution in [0.15, 0.2) is 45.6 Å². The Kier molecular flexibility index (Phi) is 7.38. The number of esters is 1. The van der Waals surface area contributed by atoms with Crippen molar-refractivity contribution in [1.82, 2.24) is 0 Å². The first kappa shape index (κ1) is 24.9. The Morgan fingerprint density at radius 1 is 1.03 bits per heavy atom. The minimum Gasteiger partial charge on any atom is -0.493 e. The van der Waals surface area contributed by atoms with E-state index < -0.39 is 35.0 Å². The molecule has 3 rings (SSSR count). The second kappa shape index (κ2) is 10.1. The quantitative estimate of drug-likeness (QED) is 0.409. The van der Waals surface area contributed by atoms with E-state index in [1.165, 1.54) is 44.6 Å². The minimum atomic E-state index is -4.97. The third-order valence-electron chi connectivity index (χ3n) is 4.99. The highest BCUT2D eigenvalue weighted by Gasteiger charge is 2.39. The molecule has 0 fully saturated rings. The molecule has 0 radical (unpaired) electrons. The zero-order chi connectivity index (χ0) is 25.0. The zero-order valence-electron chi connectivity index (χ0n) is 18.9. The number of hydrogen-bond acceptors (Lipinski definition) is 7. The molecule has 1 aromatic heterocycles. The summed E-state index contributed by atoms with van der Waals surface area (Å²) >= 11 is 0. The van der Waals surface area contributed by atoms with E-state index in [1.807, 2.05) is 0 Å². The van der Waals surface area contributed by atoms with Gasteiger partial charge in [0.2, 0.25) is 11.2 Å². The van der Waals surface area contributed by atoms with E-state index in [0.717, 1.165) is 6.07 Å². The van der Waals surface area contributed by atoms with Gasteiger partial charge in [-0.2, -0.15) is 13.2 Å². The standard InChI is InChI=1S/C24H23F3O7/c1-5-16(23(29)32-6-2)33-14-8-9-15-18(12-14)34-22(24(25,26)27)20(21(15)28)13-7-10-17(30-3)19(11-13)31-4/h7-12,16H,5-6H2,1-4H3. The molecule has 0 spiro atoms. The van der Waals surface area contributed by atoms with E-state index in [-0.39, 0.29) is 41.1 Å². The fourth-order valence-corrected chi connectivity index (χ4v) is 3.40. The van der Waals surface area contributed by atoms with Gasteiger partial charge in [0, 0.05) is 6.07 Å². The van der Waals surface area contributed by atoms with Crippen LogP contribution >= 0.6 is 0 Å². The van der Waals surface area contributed by atoms with Gasteiger partial charge in [0.15, 0.2) is 17.6 Å². The van der Waals surface area contributed by atoms with Crippen molar-refractivity contribution in [3.8, 4) is 28.4 Å². The molecule has 2 aromatic carbocycles. The molecule has 0 amide bonds. The van der Waals surface area contributed by atoms with Crippen molar-refractivity contribution in [3.63, 3.8) is 0 Å². The van der Waals surface area contributed by atoms with Gasteiger partial charge >= 0.3 is 12.1 Å². The number of rotatable bonds is 8. The van der Waals surface area contributed by atoms with Gasteiger partial charge in [-0.25, -0.2) is 4.79 Å². The van der Waals surface area contributed by atoms with Crippen LogP contribution in [0.3, 0.4) is 0 Å². The molecule has 0 aliphatic heterocycles. The molecular weight excluding hydrogens is 457 g/mol. The molecule has 1 unspecified atom stereocenters. The molecule has 0 saturated carbocycles. The summed E-state index contributed by atoms with van der Waals surface area (Å²) in [4.78, 5) is 25.2. The van der Waals surface area contributed by atoms with E-state index in [1.54, 1.807) is 13.8 Å². The Morgan fingerprint density at radius 2 is 1.74 bits per heavy atom. The number of hydrogen-bond donors (Lipinski definition) is 0. The first-order chi connectivity index (χ1) is 16.1. The van der Waals surface area contributed by atoms with Crippen LogP contribution in [0, 0.1) is 0 Å². The highest BCUT2D eigenvalue weighted by atomic mass is 19.4. The monoisotopic (exact) mass is 480 g/mol. The van der Waals surface area contributed by atoms with Crippen LogP contribution in [0.1, 0.15) is 26.0 Å². The molecule has 0 N–H and O–H groups in total. The molecule has 1 heterocycles. The maximum absolute atomic E-state index is 13.9. The van der Waals surface area contributed by atoms with Gasteiger partial charge in [0.1, 0.15) is 11.3 Å². The largest absolute Gasteiger partial charge is 0.493 e. The van der Waals surface area contributed by atoms with Crippen molar-refractivity contribution >= 4 is 16.9 Å². The van der Waals surface area contributed by atoms with Gasteiger partial charge < -0.3 is 23.4 Å². The van der Waals surface area contributed by atoms with Crippen LogP contribution in [0.2, 0.25) is 0 Å². The molecule has 0 aliphatic rings. The van der Waals surface area contributed by atoms with Gasteiger partial charge in [0.25, 0.3) is 0 Å². The molecule has 0 saturated heterocycles. The summed E-state index contributed by atoms with van der Waals surface area (Å²) in [7, 11) is 2.71. The van der Waals surface area contributed by atoms with Gasteiger partial charge in [-0.05, 0) is 43.2 Å². The molecule has 0 bridgehead atoms. The SMILES string of the molecule is CCOC(=O)C(CC)Oc1ccc2c(=O)c(-c3ccc(OC)c(OC)c3)c(C(F)(F)F)oc2c1. The minimum absolute atomic E-state index is 0.0469. The lowest BCUT2D eigenvalue weighted by atomic mass is 10.0. The highest BCUT2D eigenvalue weighted by molar-refractivity contribution is 5.84. The number of halogens is 3. The number of ether oxygens (including phenoxy) is 4. The Bertz CT molecular complexity index is 1250. The lowest BCUT2D eigenvalue weighted by molar-refractivity contribution is -0.152. The summed E-state index contributed by atoms with van der Waals surface area (Å²) in [5, 5.41) is -0.0886. The van der Waals surface area contributed by atoms with Gasteiger partial charge in [-0.1, -0.05) is 13.0 Å².